The van der Waals surface area contributed by atoms with Gasteiger partial charge in [-0.15, -0.1) is 0 Å². The monoisotopic (exact) mass is 217 g/mol. The molecule has 0 radical (unpaired) electrons. The fourth-order valence-corrected chi connectivity index (χ4v) is 1.70. The van der Waals surface area contributed by atoms with E-state index in [9.17, 15) is 0 Å². The van der Waals surface area contributed by atoms with E-state index in [-0.39, 0.29) is 6.04 Å². The molecule has 2 heterocycles. The minimum absolute atomic E-state index is 0.255. The van der Waals surface area contributed by atoms with Gasteiger partial charge < -0.3 is 10.3 Å². The first-order valence-corrected chi connectivity index (χ1v) is 5.13. The van der Waals surface area contributed by atoms with Crippen molar-refractivity contribution < 1.29 is 0 Å². The molecule has 0 saturated carbocycles. The molecule has 5 nitrogen and oxygen atoms in total. The van der Waals surface area contributed by atoms with Crippen LogP contribution in [0.3, 0.4) is 0 Å². The van der Waals surface area contributed by atoms with Gasteiger partial charge in [-0.25, -0.2) is 4.98 Å². The van der Waals surface area contributed by atoms with Gasteiger partial charge in [0.1, 0.15) is 5.82 Å². The molecular weight excluding hydrogens is 202 g/mol. The molecule has 0 bridgehead atoms. The number of nitrogens with zero attached hydrogens (tertiary/aromatic N) is 4. The predicted molar refractivity (Wildman–Crippen MR) is 60.7 cm³/mol. The highest BCUT2D eigenvalue weighted by Crippen LogP contribution is 2.19. The molecule has 2 rings (SSSR count). The maximum absolute atomic E-state index is 6.18. The van der Waals surface area contributed by atoms with Crippen LogP contribution in [0.1, 0.15) is 28.8 Å². The molecule has 1 unspecified atom stereocenters. The Bertz CT molecular complexity index is 503. The van der Waals surface area contributed by atoms with Crippen LogP contribution < -0.4 is 5.73 Å². The fourth-order valence-electron chi connectivity index (χ4n) is 1.70. The zero-order valence-corrected chi connectivity index (χ0v) is 9.68. The second-order valence-electron chi connectivity index (χ2n) is 3.90. The molecule has 2 aromatic rings. The second kappa shape index (κ2) is 4.02. The van der Waals surface area contributed by atoms with Crippen molar-refractivity contribution in [2.24, 2.45) is 12.8 Å². The van der Waals surface area contributed by atoms with Crippen LogP contribution >= 0.6 is 0 Å². The average Bonchev–Trinajstić information content (AvgIpc) is 2.67. The lowest BCUT2D eigenvalue weighted by Crippen LogP contribution is -2.18. The quantitative estimate of drug-likeness (QED) is 0.810. The molecule has 84 valence electrons. The van der Waals surface area contributed by atoms with Gasteiger partial charge in [-0.3, -0.25) is 0 Å². The van der Waals surface area contributed by atoms with Gasteiger partial charge in [0.2, 0.25) is 0 Å². The molecule has 2 aromatic heterocycles. The van der Waals surface area contributed by atoms with E-state index in [1.165, 1.54) is 0 Å². The highest BCUT2D eigenvalue weighted by Gasteiger charge is 2.16. The molecular formula is C11H15N5. The van der Waals surface area contributed by atoms with Crippen LogP contribution in [0.5, 0.6) is 0 Å². The van der Waals surface area contributed by atoms with Crippen LogP contribution in [0.25, 0.3) is 0 Å². The molecule has 0 aliphatic carbocycles. The maximum Gasteiger partial charge on any atom is 0.130 e. The number of nitrogens with two attached hydrogens (primary N) is 1. The summed E-state index contributed by atoms with van der Waals surface area (Å²) in [6.45, 7) is 3.81. The number of rotatable bonds is 2. The van der Waals surface area contributed by atoms with E-state index < -0.39 is 0 Å². The van der Waals surface area contributed by atoms with Crippen molar-refractivity contribution in [3.05, 3.63) is 41.2 Å². The van der Waals surface area contributed by atoms with Crippen molar-refractivity contribution in [2.45, 2.75) is 19.9 Å². The Morgan fingerprint density at radius 2 is 2.06 bits per heavy atom. The Morgan fingerprint density at radius 1 is 1.31 bits per heavy atom. The van der Waals surface area contributed by atoms with Crippen LogP contribution in [-0.4, -0.2) is 19.7 Å². The fraction of sp³-hybridized carbons (Fsp3) is 0.364. The van der Waals surface area contributed by atoms with Crippen molar-refractivity contribution in [1.82, 2.24) is 19.7 Å². The van der Waals surface area contributed by atoms with Crippen LogP contribution in [0, 0.1) is 13.8 Å². The van der Waals surface area contributed by atoms with E-state index in [1.54, 1.807) is 6.20 Å². The minimum atomic E-state index is -0.255. The van der Waals surface area contributed by atoms with Gasteiger partial charge in [0.25, 0.3) is 0 Å². The third-order valence-electron chi connectivity index (χ3n) is 2.61. The van der Waals surface area contributed by atoms with Crippen LogP contribution in [0.2, 0.25) is 0 Å². The first kappa shape index (κ1) is 10.8. The van der Waals surface area contributed by atoms with Gasteiger partial charge in [-0.2, -0.15) is 10.2 Å². The van der Waals surface area contributed by atoms with E-state index in [2.05, 4.69) is 15.2 Å². The topological polar surface area (TPSA) is 69.6 Å². The summed E-state index contributed by atoms with van der Waals surface area (Å²) in [4.78, 5) is 4.25. The molecule has 0 fully saturated rings. The van der Waals surface area contributed by atoms with Crippen LogP contribution in [0.15, 0.2) is 18.5 Å². The molecule has 0 amide bonds. The lowest BCUT2D eigenvalue weighted by molar-refractivity contribution is 0.702. The first-order valence-electron chi connectivity index (χ1n) is 5.13. The van der Waals surface area contributed by atoms with E-state index >= 15 is 0 Å². The molecule has 16 heavy (non-hydrogen) atoms. The lowest BCUT2D eigenvalue weighted by Gasteiger charge is -2.13. The highest BCUT2D eigenvalue weighted by atomic mass is 15.1. The predicted octanol–water partition coefficient (Wildman–Crippen LogP) is 0.875. The molecule has 0 aromatic carbocycles. The smallest absolute Gasteiger partial charge is 0.130 e. The summed E-state index contributed by atoms with van der Waals surface area (Å²) in [7, 11) is 1.93. The molecule has 0 aliphatic rings. The summed E-state index contributed by atoms with van der Waals surface area (Å²) in [6, 6.07) is 1.70. The SMILES string of the molecule is Cc1cc(C(N)c2nccn2C)c(C)nn1. The van der Waals surface area contributed by atoms with Gasteiger partial charge in [-0.05, 0) is 19.9 Å². The number of aryl methyl sites for hydroxylation is 3. The van der Waals surface area contributed by atoms with E-state index in [4.69, 9.17) is 5.73 Å². The largest absolute Gasteiger partial charge is 0.336 e. The second-order valence-corrected chi connectivity index (χ2v) is 3.90. The van der Waals surface area contributed by atoms with Crippen LogP contribution in [-0.2, 0) is 7.05 Å². The Hall–Kier alpha value is -1.75. The molecule has 0 aliphatic heterocycles. The van der Waals surface area contributed by atoms with Crippen LogP contribution in [0.4, 0.5) is 0 Å². The highest BCUT2D eigenvalue weighted by molar-refractivity contribution is 5.28. The van der Waals surface area contributed by atoms with Gasteiger partial charge in [0, 0.05) is 25.0 Å². The van der Waals surface area contributed by atoms with E-state index in [0.717, 1.165) is 22.8 Å². The average molecular weight is 217 g/mol. The van der Waals surface area contributed by atoms with Gasteiger partial charge in [0.05, 0.1) is 17.4 Å². The lowest BCUT2D eigenvalue weighted by atomic mass is 10.1. The van der Waals surface area contributed by atoms with Crippen molar-refractivity contribution in [1.29, 1.82) is 0 Å². The van der Waals surface area contributed by atoms with Crippen molar-refractivity contribution >= 4 is 0 Å². The summed E-state index contributed by atoms with van der Waals surface area (Å²) in [5, 5.41) is 8.06. The molecule has 1 atom stereocenters. The number of hydrogen-bond acceptors (Lipinski definition) is 4. The zero-order valence-electron chi connectivity index (χ0n) is 9.68. The summed E-state index contributed by atoms with van der Waals surface area (Å²) >= 11 is 0. The van der Waals surface area contributed by atoms with Gasteiger partial charge in [-0.1, -0.05) is 0 Å². The van der Waals surface area contributed by atoms with Gasteiger partial charge >= 0.3 is 0 Å². The third-order valence-corrected chi connectivity index (χ3v) is 2.61. The molecule has 0 spiro atoms. The summed E-state index contributed by atoms with van der Waals surface area (Å²) in [5.41, 5.74) is 8.87. The Balaban J connectivity index is 2.45. The summed E-state index contributed by atoms with van der Waals surface area (Å²) in [6.07, 6.45) is 3.62. The van der Waals surface area contributed by atoms with E-state index in [1.807, 2.05) is 37.7 Å². The molecule has 5 heteroatoms. The summed E-state index contributed by atoms with van der Waals surface area (Å²) in [5.74, 6) is 0.829. The zero-order chi connectivity index (χ0) is 11.7. The third kappa shape index (κ3) is 1.81. The minimum Gasteiger partial charge on any atom is -0.336 e. The number of aromatic nitrogens is 4. The normalized spacial score (nSPS) is 12.8. The van der Waals surface area contributed by atoms with Gasteiger partial charge in [0.15, 0.2) is 0 Å². The Labute approximate surface area is 94.3 Å². The standard InChI is InChI=1S/C11H15N5/c1-7-6-9(8(2)15-14-7)10(12)11-13-4-5-16(11)3/h4-6,10H,12H2,1-3H3. The molecule has 2 N–H and O–H groups in total. The Morgan fingerprint density at radius 3 is 2.69 bits per heavy atom. The van der Waals surface area contributed by atoms with E-state index in [0.29, 0.717) is 0 Å². The number of hydrogen-bond donors (Lipinski definition) is 1. The number of imidazole rings is 1. The maximum atomic E-state index is 6.18. The molecule has 0 saturated heterocycles. The van der Waals surface area contributed by atoms with Crippen molar-refractivity contribution in [2.75, 3.05) is 0 Å². The Kier molecular flexibility index (Phi) is 2.70. The first-order chi connectivity index (χ1) is 7.59. The van der Waals surface area contributed by atoms with Crippen molar-refractivity contribution in [3.63, 3.8) is 0 Å². The van der Waals surface area contributed by atoms with Crippen molar-refractivity contribution in [3.8, 4) is 0 Å². The summed E-state index contributed by atoms with van der Waals surface area (Å²) < 4.78 is 1.92.